The molecule has 2 heterocycles. The number of amides is 1. The SMILES string of the molecule is C[C@H]1Cc2ccccc2N1C(=O)c1ccc(S(=O)(=O)N2CCN(Cc3ccccc3)CC2)cc1. The van der Waals surface area contributed by atoms with Gasteiger partial charge in [-0.3, -0.25) is 9.69 Å². The normalized spacial score (nSPS) is 19.2. The number of para-hydroxylation sites is 1. The number of rotatable bonds is 5. The molecule has 34 heavy (non-hydrogen) atoms. The van der Waals surface area contributed by atoms with Gasteiger partial charge >= 0.3 is 0 Å². The van der Waals surface area contributed by atoms with Gasteiger partial charge in [-0.1, -0.05) is 48.5 Å². The van der Waals surface area contributed by atoms with Gasteiger partial charge in [0.2, 0.25) is 10.0 Å². The molecule has 0 unspecified atom stereocenters. The molecule has 1 saturated heterocycles. The molecule has 2 aliphatic rings. The van der Waals surface area contributed by atoms with E-state index in [4.69, 9.17) is 0 Å². The van der Waals surface area contributed by atoms with Gasteiger partial charge in [-0.05, 0) is 54.8 Å². The van der Waals surface area contributed by atoms with Gasteiger partial charge < -0.3 is 4.90 Å². The van der Waals surface area contributed by atoms with Crippen molar-refractivity contribution in [2.45, 2.75) is 30.8 Å². The Labute approximate surface area is 201 Å². The number of sulfonamides is 1. The molecule has 1 atom stereocenters. The average Bonchev–Trinajstić information content (AvgIpc) is 3.20. The van der Waals surface area contributed by atoms with Crippen LogP contribution in [0, 0.1) is 0 Å². The van der Waals surface area contributed by atoms with Gasteiger partial charge in [0.05, 0.1) is 4.90 Å². The maximum absolute atomic E-state index is 13.2. The van der Waals surface area contributed by atoms with E-state index < -0.39 is 10.0 Å². The zero-order chi connectivity index (χ0) is 23.7. The fourth-order valence-electron chi connectivity index (χ4n) is 4.90. The first kappa shape index (κ1) is 22.8. The summed E-state index contributed by atoms with van der Waals surface area (Å²) in [5.74, 6) is -0.101. The molecule has 1 fully saturated rings. The standard InChI is InChI=1S/C27H29N3O3S/c1-21-19-24-9-5-6-10-26(24)30(21)27(31)23-11-13-25(14-12-23)34(32,33)29-17-15-28(16-18-29)20-22-7-3-2-4-8-22/h2-14,21H,15-20H2,1H3/t21-/m0/s1. The largest absolute Gasteiger partial charge is 0.305 e. The minimum atomic E-state index is -3.60. The Bertz CT molecular complexity index is 1270. The predicted molar refractivity (Wildman–Crippen MR) is 133 cm³/mol. The molecular formula is C27H29N3O3S. The number of piperazine rings is 1. The van der Waals surface area contributed by atoms with Gasteiger partial charge in [0, 0.05) is 50.0 Å². The van der Waals surface area contributed by atoms with Gasteiger partial charge in [-0.15, -0.1) is 0 Å². The van der Waals surface area contributed by atoms with Crippen molar-refractivity contribution in [1.82, 2.24) is 9.21 Å². The molecule has 0 saturated carbocycles. The zero-order valence-corrected chi connectivity index (χ0v) is 20.1. The second-order valence-electron chi connectivity index (χ2n) is 9.05. The Balaban J connectivity index is 1.26. The van der Waals surface area contributed by atoms with Crippen LogP contribution in [0.3, 0.4) is 0 Å². The minimum Gasteiger partial charge on any atom is -0.305 e. The third-order valence-corrected chi connectivity index (χ3v) is 8.66. The van der Waals surface area contributed by atoms with E-state index >= 15 is 0 Å². The smallest absolute Gasteiger partial charge is 0.258 e. The quantitative estimate of drug-likeness (QED) is 0.564. The molecule has 0 aromatic heterocycles. The molecule has 1 amide bonds. The number of benzene rings is 3. The van der Waals surface area contributed by atoms with Crippen molar-refractivity contribution < 1.29 is 13.2 Å². The van der Waals surface area contributed by atoms with E-state index in [1.807, 2.05) is 54.3 Å². The van der Waals surface area contributed by atoms with Crippen molar-refractivity contribution in [2.24, 2.45) is 0 Å². The summed E-state index contributed by atoms with van der Waals surface area (Å²) in [7, 11) is -3.60. The molecule has 3 aromatic rings. The Hall–Kier alpha value is -3.00. The number of carbonyl (C=O) groups is 1. The van der Waals surface area contributed by atoms with Crippen molar-refractivity contribution in [3.05, 3.63) is 95.6 Å². The maximum Gasteiger partial charge on any atom is 0.258 e. The topological polar surface area (TPSA) is 60.9 Å². The molecule has 2 aliphatic heterocycles. The van der Waals surface area contributed by atoms with E-state index in [-0.39, 0.29) is 16.8 Å². The molecule has 0 N–H and O–H groups in total. The molecular weight excluding hydrogens is 446 g/mol. The van der Waals surface area contributed by atoms with E-state index in [0.717, 1.165) is 24.2 Å². The summed E-state index contributed by atoms with van der Waals surface area (Å²) in [4.78, 5) is 17.5. The summed E-state index contributed by atoms with van der Waals surface area (Å²) in [6.07, 6.45) is 0.824. The molecule has 0 aliphatic carbocycles. The van der Waals surface area contributed by atoms with E-state index in [2.05, 4.69) is 17.0 Å². The Kier molecular flexibility index (Phi) is 6.25. The van der Waals surface area contributed by atoms with Gasteiger partial charge in [0.25, 0.3) is 5.91 Å². The van der Waals surface area contributed by atoms with Crippen LogP contribution in [0.5, 0.6) is 0 Å². The molecule has 0 radical (unpaired) electrons. The van der Waals surface area contributed by atoms with Crippen LogP contribution in [0.15, 0.2) is 83.8 Å². The van der Waals surface area contributed by atoms with Crippen LogP contribution >= 0.6 is 0 Å². The molecule has 5 rings (SSSR count). The summed E-state index contributed by atoms with van der Waals surface area (Å²) in [5.41, 5.74) is 3.82. The third-order valence-electron chi connectivity index (χ3n) is 6.75. The summed E-state index contributed by atoms with van der Waals surface area (Å²) in [6, 6.07) is 24.6. The highest BCUT2D eigenvalue weighted by Gasteiger charge is 2.32. The number of hydrogen-bond acceptors (Lipinski definition) is 4. The first-order valence-corrected chi connectivity index (χ1v) is 13.2. The van der Waals surface area contributed by atoms with E-state index in [1.165, 1.54) is 5.56 Å². The fraction of sp³-hybridized carbons (Fsp3) is 0.296. The van der Waals surface area contributed by atoms with E-state index in [9.17, 15) is 13.2 Å². The number of fused-ring (bicyclic) bond motifs is 1. The second kappa shape index (κ2) is 9.33. The Morgan fingerprint density at radius 1 is 0.853 bits per heavy atom. The van der Waals surface area contributed by atoms with Crippen molar-refractivity contribution in [1.29, 1.82) is 0 Å². The van der Waals surface area contributed by atoms with Gasteiger partial charge in [0.1, 0.15) is 0 Å². The number of nitrogens with zero attached hydrogens (tertiary/aromatic N) is 3. The first-order chi connectivity index (χ1) is 16.4. The summed E-state index contributed by atoms with van der Waals surface area (Å²) >= 11 is 0. The lowest BCUT2D eigenvalue weighted by atomic mass is 10.1. The molecule has 176 valence electrons. The Morgan fingerprint density at radius 2 is 1.50 bits per heavy atom. The van der Waals surface area contributed by atoms with Crippen molar-refractivity contribution in [3.8, 4) is 0 Å². The lowest BCUT2D eigenvalue weighted by molar-refractivity contribution is 0.0981. The molecule has 7 heteroatoms. The Morgan fingerprint density at radius 3 is 2.21 bits per heavy atom. The minimum absolute atomic E-state index is 0.0699. The average molecular weight is 476 g/mol. The van der Waals surface area contributed by atoms with Gasteiger partial charge in [-0.25, -0.2) is 8.42 Å². The third kappa shape index (κ3) is 4.39. The van der Waals surface area contributed by atoms with Crippen LogP contribution in [0.1, 0.15) is 28.4 Å². The molecule has 0 spiro atoms. The highest BCUT2D eigenvalue weighted by molar-refractivity contribution is 7.89. The molecule has 3 aromatic carbocycles. The fourth-order valence-corrected chi connectivity index (χ4v) is 6.32. The molecule has 6 nitrogen and oxygen atoms in total. The van der Waals surface area contributed by atoms with E-state index in [0.29, 0.717) is 31.7 Å². The number of anilines is 1. The van der Waals surface area contributed by atoms with Crippen molar-refractivity contribution >= 4 is 21.6 Å². The first-order valence-electron chi connectivity index (χ1n) is 11.7. The zero-order valence-electron chi connectivity index (χ0n) is 19.3. The second-order valence-corrected chi connectivity index (χ2v) is 11.0. The highest BCUT2D eigenvalue weighted by atomic mass is 32.2. The van der Waals surface area contributed by atoms with Crippen LogP contribution in [-0.4, -0.2) is 55.8 Å². The van der Waals surface area contributed by atoms with Gasteiger partial charge in [-0.2, -0.15) is 4.31 Å². The molecule has 0 bridgehead atoms. The van der Waals surface area contributed by atoms with Crippen LogP contribution in [-0.2, 0) is 23.0 Å². The van der Waals surface area contributed by atoms with Crippen molar-refractivity contribution in [2.75, 3.05) is 31.1 Å². The lowest BCUT2D eigenvalue weighted by Crippen LogP contribution is -2.48. The monoisotopic (exact) mass is 475 g/mol. The summed E-state index contributed by atoms with van der Waals surface area (Å²) in [5, 5.41) is 0. The van der Waals surface area contributed by atoms with Crippen molar-refractivity contribution in [3.63, 3.8) is 0 Å². The summed E-state index contributed by atoms with van der Waals surface area (Å²) < 4.78 is 28.0. The number of carbonyl (C=O) groups excluding carboxylic acids is 1. The lowest BCUT2D eigenvalue weighted by Gasteiger charge is -2.34. The van der Waals surface area contributed by atoms with Crippen LogP contribution in [0.25, 0.3) is 0 Å². The maximum atomic E-state index is 13.2. The van der Waals surface area contributed by atoms with Crippen LogP contribution < -0.4 is 4.90 Å². The van der Waals surface area contributed by atoms with Crippen LogP contribution in [0.4, 0.5) is 5.69 Å². The highest BCUT2D eigenvalue weighted by Crippen LogP contribution is 2.33. The van der Waals surface area contributed by atoms with E-state index in [1.54, 1.807) is 28.6 Å². The summed E-state index contributed by atoms with van der Waals surface area (Å²) in [6.45, 7) is 5.15. The number of hydrogen-bond donors (Lipinski definition) is 0. The predicted octanol–water partition coefficient (Wildman–Crippen LogP) is 3.78. The van der Waals surface area contributed by atoms with Gasteiger partial charge in [0.15, 0.2) is 0 Å². The van der Waals surface area contributed by atoms with Crippen LogP contribution in [0.2, 0.25) is 0 Å².